The Bertz CT molecular complexity index is 125. The summed E-state index contributed by atoms with van der Waals surface area (Å²) < 4.78 is 26.1. The first-order valence-electron chi connectivity index (χ1n) is 4.24. The van der Waals surface area contributed by atoms with Crippen LogP contribution >= 0.6 is 0 Å². The maximum atomic E-state index is 13.0. The van der Waals surface area contributed by atoms with Gasteiger partial charge in [-0.2, -0.15) is 0 Å². The van der Waals surface area contributed by atoms with Crippen LogP contribution < -0.4 is 5.73 Å². The van der Waals surface area contributed by atoms with E-state index >= 15 is 0 Å². The van der Waals surface area contributed by atoms with Crippen molar-refractivity contribution in [3.63, 3.8) is 0 Å². The fourth-order valence-corrected chi connectivity index (χ4v) is 1.63. The van der Waals surface area contributed by atoms with E-state index in [0.717, 1.165) is 12.8 Å². The molecule has 0 aliphatic heterocycles. The van der Waals surface area contributed by atoms with E-state index in [2.05, 4.69) is 0 Å². The largest absolute Gasteiger partial charge is 0.330 e. The Kier molecular flexibility index (Phi) is 2.82. The number of alkyl halides is 2. The molecular weight excluding hydrogens is 148 g/mol. The second-order valence-electron chi connectivity index (χ2n) is 3.29. The van der Waals surface area contributed by atoms with Crippen LogP contribution in [-0.4, -0.2) is 12.5 Å². The van der Waals surface area contributed by atoms with Gasteiger partial charge in [0.2, 0.25) is 0 Å². The molecule has 2 N–H and O–H groups in total. The van der Waals surface area contributed by atoms with E-state index in [-0.39, 0.29) is 13.0 Å². The molecule has 0 spiro atoms. The fourth-order valence-electron chi connectivity index (χ4n) is 1.63. The van der Waals surface area contributed by atoms with Crippen LogP contribution in [0, 0.1) is 5.92 Å². The first-order chi connectivity index (χ1) is 5.17. The molecule has 0 aromatic carbocycles. The smallest absolute Gasteiger partial charge is 0.252 e. The summed E-state index contributed by atoms with van der Waals surface area (Å²) in [4.78, 5) is 0. The van der Waals surface area contributed by atoms with Gasteiger partial charge in [0.25, 0.3) is 5.92 Å². The van der Waals surface area contributed by atoms with Crippen molar-refractivity contribution in [2.24, 2.45) is 11.7 Å². The van der Waals surface area contributed by atoms with Crippen molar-refractivity contribution in [1.29, 1.82) is 0 Å². The quantitative estimate of drug-likeness (QED) is 0.589. The zero-order valence-corrected chi connectivity index (χ0v) is 6.65. The number of nitrogens with two attached hydrogens (primary N) is 1. The van der Waals surface area contributed by atoms with Gasteiger partial charge >= 0.3 is 0 Å². The Morgan fingerprint density at radius 2 is 2.00 bits per heavy atom. The first-order valence-corrected chi connectivity index (χ1v) is 4.24. The lowest BCUT2D eigenvalue weighted by Gasteiger charge is -2.22. The summed E-state index contributed by atoms with van der Waals surface area (Å²) in [6, 6.07) is 0. The van der Waals surface area contributed by atoms with E-state index in [4.69, 9.17) is 5.73 Å². The fraction of sp³-hybridized carbons (Fsp3) is 1.00. The molecule has 0 bridgehead atoms. The van der Waals surface area contributed by atoms with Gasteiger partial charge in [-0.15, -0.1) is 0 Å². The lowest BCUT2D eigenvalue weighted by atomic mass is 9.97. The summed E-state index contributed by atoms with van der Waals surface area (Å²) >= 11 is 0. The van der Waals surface area contributed by atoms with Crippen LogP contribution in [0.25, 0.3) is 0 Å². The molecule has 11 heavy (non-hydrogen) atoms. The average molecular weight is 163 g/mol. The van der Waals surface area contributed by atoms with Crippen molar-refractivity contribution in [3.05, 3.63) is 0 Å². The van der Waals surface area contributed by atoms with E-state index in [1.807, 2.05) is 0 Å². The molecule has 3 heteroatoms. The third-order valence-corrected chi connectivity index (χ3v) is 2.44. The van der Waals surface area contributed by atoms with Gasteiger partial charge in [0.05, 0.1) is 0 Å². The second-order valence-corrected chi connectivity index (χ2v) is 3.29. The number of hydrogen-bond acceptors (Lipinski definition) is 1. The molecule has 1 aliphatic carbocycles. The summed E-state index contributed by atoms with van der Waals surface area (Å²) in [5, 5.41) is 0. The Hall–Kier alpha value is -0.180. The predicted octanol–water partition coefficient (Wildman–Crippen LogP) is 2.16. The third-order valence-electron chi connectivity index (χ3n) is 2.44. The van der Waals surface area contributed by atoms with E-state index < -0.39 is 11.8 Å². The second kappa shape index (κ2) is 3.48. The highest BCUT2D eigenvalue weighted by Crippen LogP contribution is 2.36. The van der Waals surface area contributed by atoms with Gasteiger partial charge in [-0.25, -0.2) is 8.78 Å². The topological polar surface area (TPSA) is 26.0 Å². The first kappa shape index (κ1) is 8.91. The van der Waals surface area contributed by atoms with E-state index in [0.29, 0.717) is 12.8 Å². The standard InChI is InChI=1S/C8H15F2N/c9-8(10)5-3-1-2-4-7(8)6-11/h7H,1-6,11H2. The summed E-state index contributed by atoms with van der Waals surface area (Å²) in [7, 11) is 0. The van der Waals surface area contributed by atoms with Crippen LogP contribution in [0.4, 0.5) is 8.78 Å². The highest BCUT2D eigenvalue weighted by Gasteiger charge is 2.38. The molecule has 0 aromatic rings. The molecule has 1 unspecified atom stereocenters. The van der Waals surface area contributed by atoms with Gasteiger partial charge in [-0.1, -0.05) is 12.8 Å². The van der Waals surface area contributed by atoms with Crippen molar-refractivity contribution in [2.75, 3.05) is 6.54 Å². The zero-order valence-electron chi connectivity index (χ0n) is 6.65. The molecule has 1 nitrogen and oxygen atoms in total. The Labute approximate surface area is 66.0 Å². The maximum Gasteiger partial charge on any atom is 0.252 e. The van der Waals surface area contributed by atoms with Gasteiger partial charge < -0.3 is 5.73 Å². The molecule has 0 radical (unpaired) electrons. The van der Waals surface area contributed by atoms with Crippen molar-refractivity contribution >= 4 is 0 Å². The minimum Gasteiger partial charge on any atom is -0.330 e. The van der Waals surface area contributed by atoms with Gasteiger partial charge in [-0.05, 0) is 12.8 Å². The van der Waals surface area contributed by atoms with Crippen molar-refractivity contribution in [2.45, 2.75) is 38.0 Å². The molecule has 66 valence electrons. The molecule has 0 heterocycles. The summed E-state index contributed by atoms with van der Waals surface area (Å²) in [6.07, 6.45) is 3.14. The van der Waals surface area contributed by atoms with E-state index in [9.17, 15) is 8.78 Å². The number of rotatable bonds is 1. The van der Waals surface area contributed by atoms with Gasteiger partial charge in [0, 0.05) is 18.9 Å². The molecule has 0 amide bonds. The minimum absolute atomic E-state index is 0.0366. The lowest BCUT2D eigenvalue weighted by Crippen LogP contribution is -2.32. The van der Waals surface area contributed by atoms with Gasteiger partial charge in [0.1, 0.15) is 0 Å². The van der Waals surface area contributed by atoms with Crippen molar-refractivity contribution in [1.82, 2.24) is 0 Å². The third kappa shape index (κ3) is 2.12. The normalized spacial score (nSPS) is 31.4. The van der Waals surface area contributed by atoms with Crippen LogP contribution in [0.1, 0.15) is 32.1 Å². The van der Waals surface area contributed by atoms with E-state index in [1.165, 1.54) is 0 Å². The van der Waals surface area contributed by atoms with Crippen LogP contribution in [0.2, 0.25) is 0 Å². The molecule has 1 aliphatic rings. The maximum absolute atomic E-state index is 13.0. The number of halogens is 2. The summed E-state index contributed by atoms with van der Waals surface area (Å²) in [5.41, 5.74) is 5.27. The molecule has 1 fully saturated rings. The van der Waals surface area contributed by atoms with E-state index in [1.54, 1.807) is 0 Å². The summed E-state index contributed by atoms with van der Waals surface area (Å²) in [5.74, 6) is -3.06. The Balaban J connectivity index is 2.56. The van der Waals surface area contributed by atoms with Crippen LogP contribution in [-0.2, 0) is 0 Å². The minimum atomic E-state index is -2.49. The van der Waals surface area contributed by atoms with Gasteiger partial charge in [0.15, 0.2) is 0 Å². The van der Waals surface area contributed by atoms with Crippen LogP contribution in [0.5, 0.6) is 0 Å². The predicted molar refractivity (Wildman–Crippen MR) is 40.6 cm³/mol. The molecule has 1 rings (SSSR count). The van der Waals surface area contributed by atoms with Crippen molar-refractivity contribution in [3.8, 4) is 0 Å². The average Bonchev–Trinajstić information content (AvgIpc) is 2.10. The zero-order chi connectivity index (χ0) is 8.32. The van der Waals surface area contributed by atoms with Crippen LogP contribution in [0.15, 0.2) is 0 Å². The molecule has 0 aromatic heterocycles. The Morgan fingerprint density at radius 1 is 1.27 bits per heavy atom. The molecule has 1 atom stereocenters. The Morgan fingerprint density at radius 3 is 2.64 bits per heavy atom. The lowest BCUT2D eigenvalue weighted by molar-refractivity contribution is -0.0598. The monoisotopic (exact) mass is 163 g/mol. The SMILES string of the molecule is NCC1CCCCCC1(F)F. The van der Waals surface area contributed by atoms with Gasteiger partial charge in [-0.3, -0.25) is 0 Å². The van der Waals surface area contributed by atoms with Crippen molar-refractivity contribution < 1.29 is 8.78 Å². The van der Waals surface area contributed by atoms with Crippen LogP contribution in [0.3, 0.4) is 0 Å². The number of hydrogen-bond donors (Lipinski definition) is 1. The molecular formula is C8H15F2N. The summed E-state index contributed by atoms with van der Waals surface area (Å²) in [6.45, 7) is 0.132. The highest BCUT2D eigenvalue weighted by molar-refractivity contribution is 4.80. The molecule has 0 saturated heterocycles. The molecule has 1 saturated carbocycles. The highest BCUT2D eigenvalue weighted by atomic mass is 19.3.